The molecule has 1 aromatic carbocycles. The van der Waals surface area contributed by atoms with Gasteiger partial charge in [-0.2, -0.15) is 0 Å². The molecular formula is C16H19N3O2. The second kappa shape index (κ2) is 4.56. The van der Waals surface area contributed by atoms with Gasteiger partial charge in [-0.25, -0.2) is 0 Å². The number of hydrogen-bond acceptors (Lipinski definition) is 3. The Morgan fingerprint density at radius 1 is 1.05 bits per heavy atom. The zero-order chi connectivity index (χ0) is 14.6. The molecule has 0 radical (unpaired) electrons. The highest BCUT2D eigenvalue weighted by atomic mass is 16.2. The lowest BCUT2D eigenvalue weighted by Gasteiger charge is -2.25. The van der Waals surface area contributed by atoms with Crippen molar-refractivity contribution in [2.24, 2.45) is 17.8 Å². The fourth-order valence-corrected chi connectivity index (χ4v) is 4.03. The van der Waals surface area contributed by atoms with Gasteiger partial charge in [0.1, 0.15) is 0 Å². The van der Waals surface area contributed by atoms with Crippen LogP contribution in [-0.2, 0) is 0 Å². The molecule has 0 saturated heterocycles. The molecule has 2 fully saturated rings. The summed E-state index contributed by atoms with van der Waals surface area (Å²) in [6.07, 6.45) is 4.02. The van der Waals surface area contributed by atoms with Gasteiger partial charge in [0.25, 0.3) is 0 Å². The van der Waals surface area contributed by atoms with Gasteiger partial charge in [-0.05, 0) is 61.8 Å². The topological polar surface area (TPSA) is 77.8 Å². The smallest absolute Gasteiger partial charge is 0.314 e. The van der Waals surface area contributed by atoms with Gasteiger partial charge >= 0.3 is 11.1 Å². The van der Waals surface area contributed by atoms with Gasteiger partial charge in [0.05, 0.1) is 11.0 Å². The molecule has 4 rings (SSSR count). The summed E-state index contributed by atoms with van der Waals surface area (Å²) in [5.74, 6) is 2.57. The van der Waals surface area contributed by atoms with Crippen molar-refractivity contribution in [2.75, 3.05) is 7.05 Å². The maximum atomic E-state index is 11.5. The van der Waals surface area contributed by atoms with E-state index in [4.69, 9.17) is 0 Å². The molecule has 21 heavy (non-hydrogen) atoms. The van der Waals surface area contributed by atoms with E-state index in [9.17, 15) is 9.59 Å². The van der Waals surface area contributed by atoms with Crippen LogP contribution in [0.4, 0.5) is 0 Å². The lowest BCUT2D eigenvalue weighted by atomic mass is 9.89. The number of aromatic nitrogens is 2. The van der Waals surface area contributed by atoms with Crippen LogP contribution < -0.4 is 16.4 Å². The average Bonchev–Trinajstić information content (AvgIpc) is 3.08. The van der Waals surface area contributed by atoms with Gasteiger partial charge in [0, 0.05) is 6.04 Å². The first-order chi connectivity index (χ1) is 10.2. The summed E-state index contributed by atoms with van der Waals surface area (Å²) in [7, 11) is 1.99. The van der Waals surface area contributed by atoms with Crippen molar-refractivity contribution in [3.8, 4) is 0 Å². The SMILES string of the molecule is CNC(c1ccc2[nH]c(=O)c(=O)[nH]c2c1)C1CC2CC2C1. The molecule has 3 N–H and O–H groups in total. The summed E-state index contributed by atoms with van der Waals surface area (Å²) in [5, 5.41) is 3.43. The number of aromatic amines is 2. The van der Waals surface area contributed by atoms with Crippen molar-refractivity contribution in [1.82, 2.24) is 15.3 Å². The van der Waals surface area contributed by atoms with Crippen LogP contribution in [0.25, 0.3) is 11.0 Å². The zero-order valence-electron chi connectivity index (χ0n) is 12.0. The second-order valence-electron chi connectivity index (χ2n) is 6.47. The standard InChI is InChI=1S/C16H19N3O2/c1-17-14(11-5-9-4-10(9)6-11)8-2-3-12-13(7-8)19-16(21)15(20)18-12/h2-3,7,9-11,14,17H,4-6H2,1H3,(H,18,20)(H,19,21). The van der Waals surface area contributed by atoms with E-state index in [1.807, 2.05) is 25.2 Å². The Kier molecular flexibility index (Phi) is 2.79. The molecule has 1 heterocycles. The molecule has 2 aliphatic carbocycles. The Morgan fingerprint density at radius 2 is 1.71 bits per heavy atom. The van der Waals surface area contributed by atoms with E-state index in [0.717, 1.165) is 11.8 Å². The lowest BCUT2D eigenvalue weighted by molar-refractivity contribution is 0.360. The van der Waals surface area contributed by atoms with Crippen molar-refractivity contribution in [3.05, 3.63) is 44.5 Å². The van der Waals surface area contributed by atoms with Crippen LogP contribution in [0.2, 0.25) is 0 Å². The van der Waals surface area contributed by atoms with Gasteiger partial charge < -0.3 is 15.3 Å². The molecule has 2 saturated carbocycles. The van der Waals surface area contributed by atoms with Gasteiger partial charge in [-0.1, -0.05) is 6.07 Å². The molecule has 0 amide bonds. The normalized spacial score (nSPS) is 28.5. The minimum absolute atomic E-state index is 0.317. The highest BCUT2D eigenvalue weighted by molar-refractivity contribution is 5.74. The molecule has 2 aromatic rings. The van der Waals surface area contributed by atoms with E-state index in [2.05, 4.69) is 15.3 Å². The van der Waals surface area contributed by atoms with Crippen molar-refractivity contribution in [1.29, 1.82) is 0 Å². The number of H-pyrrole nitrogens is 2. The Hall–Kier alpha value is -1.88. The number of benzene rings is 1. The van der Waals surface area contributed by atoms with E-state index >= 15 is 0 Å². The minimum atomic E-state index is -0.601. The predicted octanol–water partition coefficient (Wildman–Crippen LogP) is 1.52. The van der Waals surface area contributed by atoms with E-state index in [0.29, 0.717) is 23.0 Å². The maximum absolute atomic E-state index is 11.5. The molecule has 0 aliphatic heterocycles. The first kappa shape index (κ1) is 12.8. The molecule has 3 atom stereocenters. The van der Waals surface area contributed by atoms with Crippen LogP contribution >= 0.6 is 0 Å². The molecule has 0 spiro atoms. The molecule has 3 unspecified atom stereocenters. The first-order valence-electron chi connectivity index (χ1n) is 7.59. The van der Waals surface area contributed by atoms with E-state index in [1.165, 1.54) is 24.8 Å². The van der Waals surface area contributed by atoms with Crippen LogP contribution in [0.5, 0.6) is 0 Å². The first-order valence-corrected chi connectivity index (χ1v) is 7.59. The van der Waals surface area contributed by atoms with Crippen LogP contribution in [-0.4, -0.2) is 17.0 Å². The van der Waals surface area contributed by atoms with E-state index in [1.54, 1.807) is 0 Å². The van der Waals surface area contributed by atoms with Gasteiger partial charge in [-0.15, -0.1) is 0 Å². The van der Waals surface area contributed by atoms with Crippen LogP contribution in [0.15, 0.2) is 27.8 Å². The summed E-state index contributed by atoms with van der Waals surface area (Å²) in [6.45, 7) is 0. The lowest BCUT2D eigenvalue weighted by Crippen LogP contribution is -2.29. The molecule has 0 bridgehead atoms. The third-order valence-electron chi connectivity index (χ3n) is 5.17. The van der Waals surface area contributed by atoms with Crippen molar-refractivity contribution < 1.29 is 0 Å². The predicted molar refractivity (Wildman–Crippen MR) is 81.3 cm³/mol. The monoisotopic (exact) mass is 285 g/mol. The third kappa shape index (κ3) is 2.12. The van der Waals surface area contributed by atoms with Crippen LogP contribution in [0.3, 0.4) is 0 Å². The van der Waals surface area contributed by atoms with Crippen molar-refractivity contribution >= 4 is 11.0 Å². The van der Waals surface area contributed by atoms with Crippen molar-refractivity contribution in [3.63, 3.8) is 0 Å². The Labute approximate surface area is 121 Å². The Balaban J connectivity index is 1.72. The highest BCUT2D eigenvalue weighted by Crippen LogP contribution is 2.57. The molecule has 5 nitrogen and oxygen atoms in total. The fourth-order valence-electron chi connectivity index (χ4n) is 4.03. The summed E-state index contributed by atoms with van der Waals surface area (Å²) in [4.78, 5) is 28.1. The third-order valence-corrected chi connectivity index (χ3v) is 5.17. The summed E-state index contributed by atoms with van der Waals surface area (Å²) >= 11 is 0. The molecular weight excluding hydrogens is 266 g/mol. The largest absolute Gasteiger partial charge is 0.316 e. The summed E-state index contributed by atoms with van der Waals surface area (Å²) in [5.41, 5.74) is 1.35. The molecule has 1 aromatic heterocycles. The number of rotatable bonds is 3. The minimum Gasteiger partial charge on any atom is -0.316 e. The fraction of sp³-hybridized carbons (Fsp3) is 0.500. The van der Waals surface area contributed by atoms with Gasteiger partial charge in [0.15, 0.2) is 0 Å². The van der Waals surface area contributed by atoms with Gasteiger partial charge in [0.2, 0.25) is 0 Å². The maximum Gasteiger partial charge on any atom is 0.314 e. The molecule has 110 valence electrons. The molecule has 2 aliphatic rings. The number of fused-ring (bicyclic) bond motifs is 2. The summed E-state index contributed by atoms with van der Waals surface area (Å²) < 4.78 is 0. The molecule has 5 heteroatoms. The van der Waals surface area contributed by atoms with Crippen LogP contribution in [0, 0.1) is 17.8 Å². The zero-order valence-corrected chi connectivity index (χ0v) is 12.0. The highest BCUT2D eigenvalue weighted by Gasteiger charge is 2.47. The van der Waals surface area contributed by atoms with Crippen LogP contribution in [0.1, 0.15) is 30.9 Å². The second-order valence-corrected chi connectivity index (χ2v) is 6.47. The van der Waals surface area contributed by atoms with Gasteiger partial charge in [-0.3, -0.25) is 9.59 Å². The van der Waals surface area contributed by atoms with E-state index in [-0.39, 0.29) is 0 Å². The quantitative estimate of drug-likeness (QED) is 0.748. The Bertz CT molecular complexity index is 797. The Morgan fingerprint density at radius 3 is 2.38 bits per heavy atom. The average molecular weight is 285 g/mol. The summed E-state index contributed by atoms with van der Waals surface area (Å²) in [6, 6.07) is 6.22. The van der Waals surface area contributed by atoms with E-state index < -0.39 is 11.1 Å². The number of hydrogen-bond donors (Lipinski definition) is 3. The van der Waals surface area contributed by atoms with Crippen molar-refractivity contribution in [2.45, 2.75) is 25.3 Å². The number of nitrogens with one attached hydrogen (secondary N) is 3.